The van der Waals surface area contributed by atoms with Crippen molar-refractivity contribution in [1.29, 1.82) is 0 Å². The molecule has 2 N–H and O–H groups in total. The van der Waals surface area contributed by atoms with Gasteiger partial charge in [-0.2, -0.15) is 0 Å². The van der Waals surface area contributed by atoms with E-state index in [-0.39, 0.29) is 24.6 Å². The predicted octanol–water partition coefficient (Wildman–Crippen LogP) is 1.24. The SMILES string of the molecule is CC(C)CP(=O)(O)OCC1OCC(C)C1O. The summed E-state index contributed by atoms with van der Waals surface area (Å²) in [6.07, 6.45) is -0.965. The molecule has 0 bridgehead atoms. The highest BCUT2D eigenvalue weighted by atomic mass is 31.2. The van der Waals surface area contributed by atoms with E-state index < -0.39 is 19.8 Å². The highest BCUT2D eigenvalue weighted by molar-refractivity contribution is 7.52. The minimum atomic E-state index is -3.54. The molecule has 1 heterocycles. The Morgan fingerprint density at radius 3 is 2.62 bits per heavy atom. The highest BCUT2D eigenvalue weighted by Gasteiger charge is 2.34. The molecule has 96 valence electrons. The van der Waals surface area contributed by atoms with Gasteiger partial charge >= 0.3 is 7.60 Å². The van der Waals surface area contributed by atoms with Crippen molar-refractivity contribution in [3.63, 3.8) is 0 Å². The van der Waals surface area contributed by atoms with E-state index in [1.165, 1.54) is 0 Å². The average Bonchev–Trinajstić information content (AvgIpc) is 2.43. The fourth-order valence-electron chi connectivity index (χ4n) is 1.69. The Morgan fingerprint density at radius 2 is 2.19 bits per heavy atom. The molecular weight excluding hydrogens is 231 g/mol. The zero-order valence-corrected chi connectivity index (χ0v) is 10.9. The molecule has 1 saturated heterocycles. The van der Waals surface area contributed by atoms with Crippen LogP contribution in [0.25, 0.3) is 0 Å². The molecule has 0 aromatic carbocycles. The van der Waals surface area contributed by atoms with Crippen LogP contribution in [0.2, 0.25) is 0 Å². The molecule has 16 heavy (non-hydrogen) atoms. The summed E-state index contributed by atoms with van der Waals surface area (Å²) in [6.45, 7) is 6.03. The van der Waals surface area contributed by atoms with Crippen LogP contribution in [0.3, 0.4) is 0 Å². The molecule has 0 spiro atoms. The van der Waals surface area contributed by atoms with Crippen molar-refractivity contribution in [3.05, 3.63) is 0 Å². The third kappa shape index (κ3) is 4.15. The van der Waals surface area contributed by atoms with Crippen LogP contribution in [-0.2, 0) is 13.8 Å². The number of rotatable bonds is 5. The van der Waals surface area contributed by atoms with Gasteiger partial charge in [0, 0.05) is 5.92 Å². The van der Waals surface area contributed by atoms with Crippen molar-refractivity contribution in [3.8, 4) is 0 Å². The molecule has 0 aromatic rings. The van der Waals surface area contributed by atoms with Crippen LogP contribution in [0.15, 0.2) is 0 Å². The van der Waals surface area contributed by atoms with Crippen LogP contribution in [0, 0.1) is 11.8 Å². The van der Waals surface area contributed by atoms with Crippen LogP contribution >= 0.6 is 7.60 Å². The first-order valence-electron chi connectivity index (χ1n) is 5.58. The lowest BCUT2D eigenvalue weighted by atomic mass is 10.1. The third-order valence-electron chi connectivity index (χ3n) is 2.57. The number of hydrogen-bond donors (Lipinski definition) is 2. The van der Waals surface area contributed by atoms with Gasteiger partial charge < -0.3 is 19.3 Å². The molecule has 4 atom stereocenters. The van der Waals surface area contributed by atoms with Crippen LogP contribution in [0.5, 0.6) is 0 Å². The van der Waals surface area contributed by atoms with Crippen LogP contribution < -0.4 is 0 Å². The van der Waals surface area contributed by atoms with Gasteiger partial charge in [-0.1, -0.05) is 20.8 Å². The van der Waals surface area contributed by atoms with Gasteiger partial charge in [-0.05, 0) is 5.92 Å². The first-order valence-corrected chi connectivity index (χ1v) is 7.34. The fraction of sp³-hybridized carbons (Fsp3) is 1.00. The molecule has 1 rings (SSSR count). The molecule has 0 aliphatic carbocycles. The maximum atomic E-state index is 11.6. The summed E-state index contributed by atoms with van der Waals surface area (Å²) in [5, 5.41) is 9.66. The van der Waals surface area contributed by atoms with E-state index in [9.17, 15) is 14.6 Å². The fourth-order valence-corrected chi connectivity index (χ4v) is 3.10. The van der Waals surface area contributed by atoms with Gasteiger partial charge in [-0.3, -0.25) is 4.57 Å². The molecule has 0 saturated carbocycles. The van der Waals surface area contributed by atoms with E-state index in [1.807, 2.05) is 20.8 Å². The van der Waals surface area contributed by atoms with Crippen molar-refractivity contribution in [2.45, 2.75) is 33.0 Å². The van der Waals surface area contributed by atoms with E-state index in [0.717, 1.165) is 0 Å². The minimum absolute atomic E-state index is 0.0218. The van der Waals surface area contributed by atoms with Gasteiger partial charge in [0.25, 0.3) is 0 Å². The third-order valence-corrected chi connectivity index (χ3v) is 4.32. The van der Waals surface area contributed by atoms with Crippen LogP contribution in [0.4, 0.5) is 0 Å². The first-order chi connectivity index (χ1) is 7.32. The van der Waals surface area contributed by atoms with Gasteiger partial charge in [0.15, 0.2) is 0 Å². The lowest BCUT2D eigenvalue weighted by Gasteiger charge is -2.19. The Bertz CT molecular complexity index is 268. The van der Waals surface area contributed by atoms with Gasteiger partial charge in [-0.15, -0.1) is 0 Å². The molecule has 4 unspecified atom stereocenters. The summed E-state index contributed by atoms with van der Waals surface area (Å²) >= 11 is 0. The molecule has 0 aromatic heterocycles. The van der Waals surface area contributed by atoms with Gasteiger partial charge in [0.1, 0.15) is 6.10 Å². The number of aliphatic hydroxyl groups excluding tert-OH is 1. The van der Waals surface area contributed by atoms with Crippen molar-refractivity contribution in [1.82, 2.24) is 0 Å². The monoisotopic (exact) mass is 252 g/mol. The standard InChI is InChI=1S/C10H21O5P/c1-7(2)6-16(12,13)15-5-9-10(11)8(3)4-14-9/h7-11H,4-6H2,1-3H3,(H,12,13). The summed E-state index contributed by atoms with van der Waals surface area (Å²) in [6, 6.07) is 0. The quantitative estimate of drug-likeness (QED) is 0.720. The van der Waals surface area contributed by atoms with E-state index in [0.29, 0.717) is 6.61 Å². The summed E-state index contributed by atoms with van der Waals surface area (Å²) in [5.74, 6) is 0.154. The number of ether oxygens (including phenoxy) is 1. The van der Waals surface area contributed by atoms with Crippen molar-refractivity contribution in [2.75, 3.05) is 19.4 Å². The van der Waals surface area contributed by atoms with Gasteiger partial charge in [0.2, 0.25) is 0 Å². The largest absolute Gasteiger partial charge is 0.390 e. The molecule has 1 fully saturated rings. The molecule has 5 nitrogen and oxygen atoms in total. The lowest BCUT2D eigenvalue weighted by Crippen LogP contribution is -2.29. The second-order valence-corrected chi connectivity index (χ2v) is 6.75. The van der Waals surface area contributed by atoms with Crippen LogP contribution in [0.1, 0.15) is 20.8 Å². The van der Waals surface area contributed by atoms with Gasteiger partial charge in [-0.25, -0.2) is 0 Å². The number of hydrogen-bond acceptors (Lipinski definition) is 4. The smallest absolute Gasteiger partial charge is 0.328 e. The Hall–Kier alpha value is 0.0700. The Morgan fingerprint density at radius 1 is 1.56 bits per heavy atom. The summed E-state index contributed by atoms with van der Waals surface area (Å²) in [4.78, 5) is 9.49. The van der Waals surface area contributed by atoms with Crippen molar-refractivity contribution in [2.24, 2.45) is 11.8 Å². The van der Waals surface area contributed by atoms with Crippen molar-refractivity contribution >= 4 is 7.60 Å². The minimum Gasteiger partial charge on any atom is -0.390 e. The maximum Gasteiger partial charge on any atom is 0.328 e. The summed E-state index contributed by atoms with van der Waals surface area (Å²) < 4.78 is 21.8. The molecule has 1 aliphatic heterocycles. The number of aliphatic hydroxyl groups is 1. The second kappa shape index (κ2) is 5.61. The topological polar surface area (TPSA) is 76.0 Å². The molecule has 0 amide bonds. The second-order valence-electron chi connectivity index (χ2n) is 4.85. The molecule has 6 heteroatoms. The average molecular weight is 252 g/mol. The van der Waals surface area contributed by atoms with E-state index in [1.54, 1.807) is 0 Å². The first kappa shape index (κ1) is 14.1. The highest BCUT2D eigenvalue weighted by Crippen LogP contribution is 2.44. The maximum absolute atomic E-state index is 11.6. The zero-order valence-electron chi connectivity index (χ0n) is 10.00. The van der Waals surface area contributed by atoms with Crippen molar-refractivity contribution < 1.29 is 23.8 Å². The molecular formula is C10H21O5P. The Kier molecular flexibility index (Phi) is 4.95. The van der Waals surface area contributed by atoms with E-state index in [2.05, 4.69) is 0 Å². The molecule has 1 aliphatic rings. The van der Waals surface area contributed by atoms with E-state index >= 15 is 0 Å². The lowest BCUT2D eigenvalue weighted by molar-refractivity contribution is 0.00632. The Balaban J connectivity index is 2.37. The predicted molar refractivity (Wildman–Crippen MR) is 60.4 cm³/mol. The summed E-state index contributed by atoms with van der Waals surface area (Å²) in [5.41, 5.74) is 0. The Labute approximate surface area is 96.3 Å². The summed E-state index contributed by atoms with van der Waals surface area (Å²) in [7, 11) is -3.54. The molecule has 0 radical (unpaired) electrons. The van der Waals surface area contributed by atoms with Crippen LogP contribution in [-0.4, -0.2) is 41.6 Å². The van der Waals surface area contributed by atoms with E-state index in [4.69, 9.17) is 9.26 Å². The normalized spacial score (nSPS) is 34.2. The zero-order chi connectivity index (χ0) is 12.3. The van der Waals surface area contributed by atoms with Gasteiger partial charge in [0.05, 0.1) is 25.5 Å².